The van der Waals surface area contributed by atoms with Gasteiger partial charge in [0.05, 0.1) is 0 Å². The van der Waals surface area contributed by atoms with Gasteiger partial charge in [-0.1, -0.05) is 0 Å². The van der Waals surface area contributed by atoms with Crippen LogP contribution in [0.15, 0.2) is 0 Å². The Labute approximate surface area is 137 Å². The molecule has 0 fully saturated rings. The van der Waals surface area contributed by atoms with Crippen LogP contribution in [0.2, 0.25) is 0 Å². The molecular weight excluding hydrogens is 407 g/mol. The average Bonchev–Trinajstić information content (AvgIpc) is 0. The zero-order valence-electron chi connectivity index (χ0n) is 4.27. The first kappa shape index (κ1) is 23.5. The number of hydrogen-bond donors (Lipinski definition) is 0. The molecule has 0 aromatic rings. The maximum Gasteiger partial charge on any atom is 2.00 e. The van der Waals surface area contributed by atoms with Gasteiger partial charge in [-0.25, -0.2) is 0 Å². The van der Waals surface area contributed by atoms with Crippen molar-refractivity contribution < 1.29 is 103 Å². The Bertz CT molecular complexity index is 13.5. The van der Waals surface area contributed by atoms with Crippen molar-refractivity contribution in [2.24, 2.45) is 0 Å². The Morgan fingerprint density at radius 3 is 1.25 bits per heavy atom. The zero-order valence-corrected chi connectivity index (χ0v) is 12.9. The molecule has 0 spiro atoms. The van der Waals surface area contributed by atoms with Crippen LogP contribution in [0.25, 0.3) is 0 Å². The minimum Gasteiger partial charge on any atom is -1.00 e. The predicted molar refractivity (Wildman–Crippen MR) is 7.98 cm³/mol. The summed E-state index contributed by atoms with van der Waals surface area (Å²) >= 11 is 0. The molecule has 0 saturated heterocycles. The van der Waals surface area contributed by atoms with Gasteiger partial charge in [-0.3, -0.25) is 0 Å². The monoisotopic (exact) mass is 406 g/mol. The summed E-state index contributed by atoms with van der Waals surface area (Å²) in [6.07, 6.45) is 0. The summed E-state index contributed by atoms with van der Waals surface area (Å²) in [6.45, 7) is 0. The first-order valence-electron chi connectivity index (χ1n) is 0. The van der Waals surface area contributed by atoms with Crippen molar-refractivity contribution in [2.45, 2.75) is 0 Å². The number of rotatable bonds is 0. The minimum atomic E-state index is 0. The molecule has 0 nitrogen and oxygen atoms in total. The molecule has 0 heterocycles. The van der Waals surface area contributed by atoms with Gasteiger partial charge in [0.25, 0.3) is 0 Å². The normalized spacial score (nSPS) is 0. The van der Waals surface area contributed by atoms with Crippen LogP contribution in [-0.4, -0.2) is 37.7 Å². The third-order valence-corrected chi connectivity index (χ3v) is 0. The summed E-state index contributed by atoms with van der Waals surface area (Å²) in [6, 6.07) is 0. The molecule has 0 aliphatic heterocycles. The third kappa shape index (κ3) is 9.75. The smallest absolute Gasteiger partial charge is 1.00 e. The van der Waals surface area contributed by atoms with E-state index in [1.807, 2.05) is 0 Å². The Hall–Kier alpha value is 4.56. The summed E-state index contributed by atoms with van der Waals surface area (Å²) < 4.78 is 0. The van der Waals surface area contributed by atoms with Gasteiger partial charge in [0.1, 0.15) is 0 Å². The second-order valence-electron chi connectivity index (χ2n) is 0. The van der Waals surface area contributed by atoms with E-state index in [1.54, 1.807) is 0 Å². The summed E-state index contributed by atoms with van der Waals surface area (Å²) in [4.78, 5) is 0. The molecule has 4 heteroatoms. The molecule has 0 unspecified atom stereocenters. The zero-order chi connectivity index (χ0) is 0. The largest absolute Gasteiger partial charge is 2.00 e. The molecule has 0 aliphatic rings. The van der Waals surface area contributed by atoms with E-state index < -0.39 is 0 Å². The van der Waals surface area contributed by atoms with Crippen molar-refractivity contribution in [1.29, 1.82) is 0 Å². The van der Waals surface area contributed by atoms with Gasteiger partial charge in [-0.2, -0.15) is 0 Å². The van der Waals surface area contributed by atoms with E-state index in [1.165, 1.54) is 0 Å². The van der Waals surface area contributed by atoms with E-state index in [0.29, 0.717) is 0 Å². The summed E-state index contributed by atoms with van der Waals surface area (Å²) in [5, 5.41) is 0. The first-order chi connectivity index (χ1) is 0. The molecule has 0 N–H and O–H groups in total. The quantitative estimate of drug-likeness (QED) is 0.489. The average molecular weight is 409 g/mol. The SMILES string of the molecule is [Ca+2].[Gd].[H-].[H-].[Nd].[Zn]. The van der Waals surface area contributed by atoms with Crippen LogP contribution in [0.5, 0.6) is 0 Å². The fourth-order valence-corrected chi connectivity index (χ4v) is 0. The van der Waals surface area contributed by atoms with Crippen molar-refractivity contribution in [3.63, 3.8) is 0 Å². The van der Waals surface area contributed by atoms with Crippen molar-refractivity contribution in [3.05, 3.63) is 0 Å². The van der Waals surface area contributed by atoms with Gasteiger partial charge in [0, 0.05) is 100 Å². The molecule has 0 saturated carbocycles. The minimum absolute atomic E-state index is 0. The third-order valence-electron chi connectivity index (χ3n) is 0. The van der Waals surface area contributed by atoms with Crippen molar-refractivity contribution in [1.82, 2.24) is 0 Å². The van der Waals surface area contributed by atoms with Crippen molar-refractivity contribution in [3.8, 4) is 0 Å². The molecule has 18 valence electrons. The Balaban J connectivity index is 0. The first-order valence-corrected chi connectivity index (χ1v) is 0. The van der Waals surface area contributed by atoms with Gasteiger partial charge < -0.3 is 2.85 Å². The van der Waals surface area contributed by atoms with Gasteiger partial charge >= 0.3 is 37.7 Å². The van der Waals surface area contributed by atoms with Crippen molar-refractivity contribution in [2.75, 3.05) is 0 Å². The van der Waals surface area contributed by atoms with Gasteiger partial charge in [-0.05, 0) is 0 Å². The predicted octanol–water partition coefficient (Wildman–Crippen LogP) is -0.158. The second kappa shape index (κ2) is 15.6. The maximum absolute atomic E-state index is 0. The van der Waals surface area contributed by atoms with E-state index in [9.17, 15) is 0 Å². The van der Waals surface area contributed by atoms with Crippen LogP contribution in [0.3, 0.4) is 0 Å². The fourth-order valence-electron chi connectivity index (χ4n) is 0. The van der Waals surface area contributed by atoms with Gasteiger partial charge in [0.2, 0.25) is 0 Å². The molecule has 0 bridgehead atoms. The van der Waals surface area contributed by atoms with E-state index in [4.69, 9.17) is 0 Å². The molecule has 4 heavy (non-hydrogen) atoms. The topological polar surface area (TPSA) is 0 Å². The molecular formula is H2CaGdNdZn. The van der Waals surface area contributed by atoms with Gasteiger partial charge in [-0.15, -0.1) is 0 Å². The van der Waals surface area contributed by atoms with E-state index >= 15 is 0 Å². The summed E-state index contributed by atoms with van der Waals surface area (Å²) in [5.74, 6) is 0. The number of hydrogen-bond acceptors (Lipinski definition) is 0. The standard InChI is InChI=1S/Ca.Gd.Nd.Zn.2H/q+2;;;;2*-1. The Kier molecular flexibility index (Phi) is 92.0. The van der Waals surface area contributed by atoms with Crippen molar-refractivity contribution >= 4 is 37.7 Å². The molecule has 0 rings (SSSR count). The van der Waals surface area contributed by atoms with Crippen LogP contribution >= 0.6 is 0 Å². The summed E-state index contributed by atoms with van der Waals surface area (Å²) in [5.41, 5.74) is 0. The molecule has 0 aliphatic carbocycles. The fraction of sp³-hybridized carbons (Fsp3) is 0. The summed E-state index contributed by atoms with van der Waals surface area (Å²) in [7, 11) is 0. The van der Waals surface area contributed by atoms with Gasteiger partial charge in [0.15, 0.2) is 0 Å². The molecule has 0 aromatic carbocycles. The Morgan fingerprint density at radius 1 is 1.25 bits per heavy atom. The Morgan fingerprint density at radius 2 is 1.25 bits per heavy atom. The van der Waals surface area contributed by atoms with Crippen LogP contribution in [0.1, 0.15) is 2.85 Å². The molecule has 0 radical (unpaired) electrons. The maximum atomic E-state index is 0. The van der Waals surface area contributed by atoms with Crippen LogP contribution < -0.4 is 0 Å². The van der Waals surface area contributed by atoms with E-state index in [-0.39, 0.29) is 141 Å². The molecule has 0 atom stereocenters. The van der Waals surface area contributed by atoms with E-state index in [2.05, 4.69) is 0 Å². The molecule has 0 aromatic heterocycles. The van der Waals surface area contributed by atoms with Crippen LogP contribution in [0.4, 0.5) is 0 Å². The second-order valence-corrected chi connectivity index (χ2v) is 0. The van der Waals surface area contributed by atoms with Crippen LogP contribution in [-0.2, 0) is 19.5 Å². The van der Waals surface area contributed by atoms with E-state index in [0.717, 1.165) is 0 Å². The molecule has 0 amide bonds. The van der Waals surface area contributed by atoms with Crippen LogP contribution in [0, 0.1) is 80.8 Å².